The van der Waals surface area contributed by atoms with Crippen LogP contribution in [0.5, 0.6) is 0 Å². The Balaban J connectivity index is 0.880. The predicted octanol–water partition coefficient (Wildman–Crippen LogP) is 19.3. The van der Waals surface area contributed by atoms with E-state index in [2.05, 4.69) is 281 Å². The van der Waals surface area contributed by atoms with Gasteiger partial charge in [0.15, 0.2) is 0 Å². The van der Waals surface area contributed by atoms with Crippen molar-refractivity contribution >= 4 is 27.8 Å². The molecule has 0 fully saturated rings. The fraction of sp³-hybridized carbons (Fsp3) is 0.0857. The summed E-state index contributed by atoms with van der Waals surface area (Å²) in [7, 11) is 0. The molecule has 11 aromatic carbocycles. The van der Waals surface area contributed by atoms with Crippen molar-refractivity contribution in [3.05, 3.63) is 271 Å². The van der Waals surface area contributed by atoms with Crippen molar-refractivity contribution in [3.8, 4) is 77.9 Å². The van der Waals surface area contributed by atoms with Gasteiger partial charge in [-0.2, -0.15) is 0 Å². The molecule has 2 aliphatic rings. The van der Waals surface area contributed by atoms with E-state index >= 15 is 0 Å². The Kier molecular flexibility index (Phi) is 9.94. The van der Waals surface area contributed by atoms with E-state index in [4.69, 9.17) is 0 Å². The fourth-order valence-electron chi connectivity index (χ4n) is 11.8. The molecule has 1 nitrogen and oxygen atoms in total. The fourth-order valence-corrected chi connectivity index (χ4v) is 11.8. The van der Waals surface area contributed by atoms with Gasteiger partial charge in [0.2, 0.25) is 0 Å². The molecule has 0 unspecified atom stereocenters. The van der Waals surface area contributed by atoms with Crippen molar-refractivity contribution in [1.82, 2.24) is 0 Å². The Hall–Kier alpha value is -8.52. The normalized spacial score (nSPS) is 13.6. The zero-order valence-electron chi connectivity index (χ0n) is 40.6. The maximum atomic E-state index is 2.48. The molecule has 0 aliphatic heterocycles. The van der Waals surface area contributed by atoms with E-state index < -0.39 is 0 Å². The maximum Gasteiger partial charge on any atom is 0.0465 e. The van der Waals surface area contributed by atoms with Crippen LogP contribution in [-0.4, -0.2) is 0 Å². The Bertz CT molecular complexity index is 3620. The molecular weight excluding hydrogens is 855 g/mol. The van der Waals surface area contributed by atoms with Crippen LogP contribution in [0.15, 0.2) is 249 Å². The minimum Gasteiger partial charge on any atom is -0.310 e. The third-order valence-corrected chi connectivity index (χ3v) is 15.7. The monoisotopic (exact) mass is 907 g/mol. The first-order chi connectivity index (χ1) is 34.7. The van der Waals surface area contributed by atoms with E-state index in [1.807, 2.05) is 0 Å². The van der Waals surface area contributed by atoms with Crippen LogP contribution in [0, 0.1) is 0 Å². The standard InChI is InChI=1S/C70H53N/c1-69(2)65-42-54(50-26-22-48(23-27-50)46-14-7-5-8-15-46)32-38-61(65)63-40-36-57(44-67(63)69)71(56-34-30-53(31-35-56)60-21-13-19-52-18-11-12-20-59(52)60)58-37-41-64-62-39-33-55(43-66(62)70(3,4)68(64)45-58)51-28-24-49(25-29-51)47-16-9-6-10-17-47/h5-45H,1-4H3. The third kappa shape index (κ3) is 7.14. The number of hydrogen-bond acceptors (Lipinski definition) is 1. The highest BCUT2D eigenvalue weighted by atomic mass is 15.1. The Labute approximate surface area is 418 Å². The van der Waals surface area contributed by atoms with Gasteiger partial charge in [-0.25, -0.2) is 0 Å². The molecule has 0 N–H and O–H groups in total. The van der Waals surface area contributed by atoms with Crippen molar-refractivity contribution < 1.29 is 0 Å². The lowest BCUT2D eigenvalue weighted by Crippen LogP contribution is -2.18. The van der Waals surface area contributed by atoms with Gasteiger partial charge in [0.25, 0.3) is 0 Å². The van der Waals surface area contributed by atoms with Gasteiger partial charge in [0.05, 0.1) is 0 Å². The van der Waals surface area contributed by atoms with Crippen molar-refractivity contribution in [2.24, 2.45) is 0 Å². The smallest absolute Gasteiger partial charge is 0.0465 e. The van der Waals surface area contributed by atoms with E-state index in [1.165, 1.54) is 111 Å². The van der Waals surface area contributed by atoms with Gasteiger partial charge in [-0.05, 0) is 159 Å². The minimum absolute atomic E-state index is 0.217. The van der Waals surface area contributed by atoms with Crippen LogP contribution in [0.25, 0.3) is 88.7 Å². The Morgan fingerprint density at radius 1 is 0.239 bits per heavy atom. The molecule has 2 aliphatic carbocycles. The van der Waals surface area contributed by atoms with E-state index in [0.29, 0.717) is 0 Å². The molecule has 0 heterocycles. The van der Waals surface area contributed by atoms with Gasteiger partial charge in [-0.1, -0.05) is 228 Å². The van der Waals surface area contributed by atoms with Gasteiger partial charge in [0, 0.05) is 27.9 Å². The van der Waals surface area contributed by atoms with Crippen LogP contribution in [0.2, 0.25) is 0 Å². The molecule has 71 heavy (non-hydrogen) atoms. The van der Waals surface area contributed by atoms with E-state index in [1.54, 1.807) is 0 Å². The zero-order chi connectivity index (χ0) is 47.8. The van der Waals surface area contributed by atoms with E-state index in [0.717, 1.165) is 17.1 Å². The molecule has 13 rings (SSSR count). The molecule has 11 aromatic rings. The average molecular weight is 908 g/mol. The number of nitrogens with zero attached hydrogens (tertiary/aromatic N) is 1. The van der Waals surface area contributed by atoms with E-state index in [-0.39, 0.29) is 10.8 Å². The zero-order valence-corrected chi connectivity index (χ0v) is 40.6. The summed E-state index contributed by atoms with van der Waals surface area (Å²) in [4.78, 5) is 2.48. The molecular formula is C70H53N. The predicted molar refractivity (Wildman–Crippen MR) is 301 cm³/mol. The van der Waals surface area contributed by atoms with Gasteiger partial charge in [-0.3, -0.25) is 0 Å². The minimum atomic E-state index is -0.217. The van der Waals surface area contributed by atoms with Crippen LogP contribution in [-0.2, 0) is 10.8 Å². The molecule has 0 radical (unpaired) electrons. The number of anilines is 3. The number of hydrogen-bond donors (Lipinski definition) is 0. The molecule has 0 saturated carbocycles. The largest absolute Gasteiger partial charge is 0.310 e. The first kappa shape index (κ1) is 42.6. The summed E-state index contributed by atoms with van der Waals surface area (Å²) >= 11 is 0. The second-order valence-corrected chi connectivity index (χ2v) is 20.5. The summed E-state index contributed by atoms with van der Waals surface area (Å²) in [6, 6.07) is 92.3. The Morgan fingerprint density at radius 2 is 0.577 bits per heavy atom. The second kappa shape index (κ2) is 16.6. The Morgan fingerprint density at radius 3 is 1.06 bits per heavy atom. The average Bonchev–Trinajstić information content (AvgIpc) is 3.79. The van der Waals surface area contributed by atoms with Gasteiger partial charge < -0.3 is 4.90 Å². The van der Waals surface area contributed by atoms with Crippen molar-refractivity contribution in [1.29, 1.82) is 0 Å². The molecule has 0 bridgehead atoms. The van der Waals surface area contributed by atoms with E-state index in [9.17, 15) is 0 Å². The summed E-state index contributed by atoms with van der Waals surface area (Å²) < 4.78 is 0. The molecule has 0 atom stereocenters. The van der Waals surface area contributed by atoms with Gasteiger partial charge >= 0.3 is 0 Å². The number of benzene rings is 11. The summed E-state index contributed by atoms with van der Waals surface area (Å²) in [5.74, 6) is 0. The number of rotatable bonds is 8. The van der Waals surface area contributed by atoms with Crippen LogP contribution in [0.3, 0.4) is 0 Å². The maximum absolute atomic E-state index is 2.48. The number of fused-ring (bicyclic) bond motifs is 7. The first-order valence-corrected chi connectivity index (χ1v) is 25.0. The SMILES string of the molecule is CC1(C)c2cc(-c3ccc(-c4ccccc4)cc3)ccc2-c2ccc(N(c3ccc(-c4cccc5ccccc45)cc3)c3ccc4c(c3)C(C)(C)c3cc(-c5ccc(-c6ccccc6)cc5)ccc3-4)cc21. The van der Waals surface area contributed by atoms with Crippen molar-refractivity contribution in [2.45, 2.75) is 38.5 Å². The molecule has 0 amide bonds. The quantitative estimate of drug-likeness (QED) is 0.147. The highest BCUT2D eigenvalue weighted by Crippen LogP contribution is 2.54. The van der Waals surface area contributed by atoms with Crippen molar-refractivity contribution in [3.63, 3.8) is 0 Å². The molecule has 1 heteroatoms. The topological polar surface area (TPSA) is 3.24 Å². The molecule has 338 valence electrons. The summed E-state index contributed by atoms with van der Waals surface area (Å²) in [5.41, 5.74) is 26.0. The first-order valence-electron chi connectivity index (χ1n) is 25.0. The lowest BCUT2D eigenvalue weighted by molar-refractivity contribution is 0.660. The highest BCUT2D eigenvalue weighted by molar-refractivity contribution is 5.97. The summed E-state index contributed by atoms with van der Waals surface area (Å²) in [5, 5.41) is 2.51. The van der Waals surface area contributed by atoms with Gasteiger partial charge in [0.1, 0.15) is 0 Å². The van der Waals surface area contributed by atoms with Gasteiger partial charge in [-0.15, -0.1) is 0 Å². The van der Waals surface area contributed by atoms with Crippen LogP contribution < -0.4 is 4.90 Å². The van der Waals surface area contributed by atoms with Crippen LogP contribution in [0.1, 0.15) is 49.9 Å². The van der Waals surface area contributed by atoms with Crippen LogP contribution >= 0.6 is 0 Å². The third-order valence-electron chi connectivity index (χ3n) is 15.7. The molecule has 0 spiro atoms. The molecule has 0 aromatic heterocycles. The van der Waals surface area contributed by atoms with Crippen LogP contribution in [0.4, 0.5) is 17.1 Å². The molecule has 0 saturated heterocycles. The van der Waals surface area contributed by atoms with Crippen molar-refractivity contribution in [2.75, 3.05) is 4.90 Å². The lowest BCUT2D eigenvalue weighted by Gasteiger charge is -2.30. The lowest BCUT2D eigenvalue weighted by atomic mass is 9.81. The highest BCUT2D eigenvalue weighted by Gasteiger charge is 2.38. The summed E-state index contributed by atoms with van der Waals surface area (Å²) in [6.45, 7) is 9.59. The second-order valence-electron chi connectivity index (χ2n) is 20.5. The summed E-state index contributed by atoms with van der Waals surface area (Å²) in [6.07, 6.45) is 0.